The highest BCUT2D eigenvalue weighted by Gasteiger charge is 2.02. The first-order valence-corrected chi connectivity index (χ1v) is 19.9. The second-order valence-corrected chi connectivity index (χ2v) is 13.2. The molecule has 0 saturated carbocycles. The highest BCUT2D eigenvalue weighted by atomic mass is 16.5. The van der Waals surface area contributed by atoms with E-state index in [1.165, 1.54) is 161 Å². The number of esters is 1. The zero-order valence-corrected chi connectivity index (χ0v) is 30.1. The molecule has 0 amide bonds. The lowest BCUT2D eigenvalue weighted by Crippen LogP contribution is -2.05. The minimum atomic E-state index is 0.00895. The summed E-state index contributed by atoms with van der Waals surface area (Å²) in [6, 6.07) is 0. The molecule has 0 aromatic heterocycles. The fraction of sp³-hybridized carbons (Fsp3) is 0.833. The minimum Gasteiger partial charge on any atom is -0.466 e. The number of carbonyl (C=O) groups is 1. The van der Waals surface area contributed by atoms with E-state index in [4.69, 9.17) is 4.74 Å². The molecule has 0 aliphatic carbocycles. The van der Waals surface area contributed by atoms with Crippen LogP contribution in [0.3, 0.4) is 0 Å². The van der Waals surface area contributed by atoms with Crippen molar-refractivity contribution in [1.82, 2.24) is 0 Å². The third kappa shape index (κ3) is 38.7. The number of unbranched alkanes of at least 4 members (excludes halogenated alkanes) is 26. The molecule has 0 fully saturated rings. The molecular weight excluding hydrogens is 536 g/mol. The Morgan fingerprint density at radius 3 is 1.23 bits per heavy atom. The van der Waals surface area contributed by atoms with Gasteiger partial charge in [-0.25, -0.2) is 0 Å². The van der Waals surface area contributed by atoms with Crippen LogP contribution in [-0.4, -0.2) is 12.6 Å². The van der Waals surface area contributed by atoms with Crippen LogP contribution in [0.4, 0.5) is 0 Å². The van der Waals surface area contributed by atoms with Gasteiger partial charge in [-0.3, -0.25) is 4.79 Å². The van der Waals surface area contributed by atoms with Crippen molar-refractivity contribution in [2.24, 2.45) is 0 Å². The third-order valence-corrected chi connectivity index (χ3v) is 8.79. The maximum absolute atomic E-state index is 12.0. The van der Waals surface area contributed by atoms with Crippen LogP contribution in [0, 0.1) is 0 Å². The van der Waals surface area contributed by atoms with Gasteiger partial charge in [-0.15, -0.1) is 0 Å². The van der Waals surface area contributed by atoms with Crippen LogP contribution in [-0.2, 0) is 9.53 Å². The van der Waals surface area contributed by atoms with Crippen LogP contribution in [0.25, 0.3) is 0 Å². The molecule has 0 aromatic carbocycles. The van der Waals surface area contributed by atoms with Crippen molar-refractivity contribution in [2.75, 3.05) is 6.61 Å². The zero-order valence-electron chi connectivity index (χ0n) is 30.1. The van der Waals surface area contributed by atoms with Crippen LogP contribution < -0.4 is 0 Å². The Balaban J connectivity index is 3.20. The number of hydrogen-bond acceptors (Lipinski definition) is 2. The summed E-state index contributed by atoms with van der Waals surface area (Å²) in [5.41, 5.74) is 0. The second-order valence-electron chi connectivity index (χ2n) is 13.2. The van der Waals surface area contributed by atoms with E-state index in [1.54, 1.807) is 0 Å². The smallest absolute Gasteiger partial charge is 0.305 e. The number of hydrogen-bond donors (Lipinski definition) is 0. The predicted molar refractivity (Wildman–Crippen MR) is 197 cm³/mol. The van der Waals surface area contributed by atoms with E-state index in [9.17, 15) is 4.79 Å². The van der Waals surface area contributed by atoms with E-state index in [2.05, 4.69) is 50.3 Å². The number of rotatable bonds is 36. The summed E-state index contributed by atoms with van der Waals surface area (Å²) in [7, 11) is 0. The molecular formula is C42H78O2. The molecule has 0 aromatic rings. The first-order valence-electron chi connectivity index (χ1n) is 19.9. The van der Waals surface area contributed by atoms with E-state index in [1.807, 2.05) is 0 Å². The molecule has 0 saturated heterocycles. The summed E-state index contributed by atoms with van der Waals surface area (Å²) in [6.07, 6.45) is 55.2. The van der Waals surface area contributed by atoms with Gasteiger partial charge in [0.25, 0.3) is 0 Å². The molecule has 0 aliphatic heterocycles. The first kappa shape index (κ1) is 42.7. The molecule has 0 spiro atoms. The molecule has 0 aliphatic rings. The lowest BCUT2D eigenvalue weighted by atomic mass is 10.0. The summed E-state index contributed by atoms with van der Waals surface area (Å²) in [6.45, 7) is 5.09. The lowest BCUT2D eigenvalue weighted by molar-refractivity contribution is -0.143. The molecule has 0 N–H and O–H groups in total. The maximum atomic E-state index is 12.0. The van der Waals surface area contributed by atoms with Crippen molar-refractivity contribution in [3.8, 4) is 0 Å². The van der Waals surface area contributed by atoms with Gasteiger partial charge in [0.15, 0.2) is 0 Å². The Morgan fingerprint density at radius 2 is 0.773 bits per heavy atom. The Hall–Kier alpha value is -1.31. The molecule has 0 heterocycles. The van der Waals surface area contributed by atoms with E-state index >= 15 is 0 Å². The second kappa shape index (κ2) is 39.7. The Kier molecular flexibility index (Phi) is 38.5. The van der Waals surface area contributed by atoms with Crippen LogP contribution in [0.15, 0.2) is 36.5 Å². The Morgan fingerprint density at radius 1 is 0.409 bits per heavy atom. The molecule has 0 rings (SSSR count). The number of ether oxygens (including phenoxy) is 1. The summed E-state index contributed by atoms with van der Waals surface area (Å²) in [4.78, 5) is 12.0. The van der Waals surface area contributed by atoms with Crippen LogP contribution in [0.2, 0.25) is 0 Å². The Labute approximate surface area is 277 Å². The monoisotopic (exact) mass is 615 g/mol. The van der Waals surface area contributed by atoms with Crippen LogP contribution in [0.5, 0.6) is 0 Å². The summed E-state index contributed by atoms with van der Waals surface area (Å²) >= 11 is 0. The maximum Gasteiger partial charge on any atom is 0.305 e. The van der Waals surface area contributed by atoms with Crippen LogP contribution >= 0.6 is 0 Å². The van der Waals surface area contributed by atoms with E-state index < -0.39 is 0 Å². The number of allylic oxidation sites excluding steroid dienone is 6. The molecule has 2 nitrogen and oxygen atoms in total. The fourth-order valence-electron chi connectivity index (χ4n) is 5.86. The molecule has 0 atom stereocenters. The van der Waals surface area contributed by atoms with Gasteiger partial charge in [0.05, 0.1) is 6.61 Å². The summed E-state index contributed by atoms with van der Waals surface area (Å²) in [5, 5.41) is 0. The molecule has 2 heteroatoms. The van der Waals surface area contributed by atoms with Gasteiger partial charge in [0.2, 0.25) is 0 Å². The molecule has 0 bridgehead atoms. The SMILES string of the molecule is CC/C=C\C/C=C\C/C=C\CCCCCCCC(=O)OCCCCCCCCCCCCCCCCCCCCCCCC. The zero-order chi connectivity index (χ0) is 31.9. The van der Waals surface area contributed by atoms with E-state index in [0.29, 0.717) is 13.0 Å². The van der Waals surface area contributed by atoms with Crippen molar-refractivity contribution >= 4 is 5.97 Å². The predicted octanol–water partition coefficient (Wildman–Crippen LogP) is 14.7. The topological polar surface area (TPSA) is 26.3 Å². The quantitative estimate of drug-likeness (QED) is 0.0398. The van der Waals surface area contributed by atoms with Crippen molar-refractivity contribution in [2.45, 2.75) is 219 Å². The van der Waals surface area contributed by atoms with E-state index in [0.717, 1.165) is 38.5 Å². The summed E-state index contributed by atoms with van der Waals surface area (Å²) in [5.74, 6) is 0.00895. The van der Waals surface area contributed by atoms with Gasteiger partial charge in [-0.1, -0.05) is 204 Å². The van der Waals surface area contributed by atoms with Gasteiger partial charge in [-0.05, 0) is 44.9 Å². The summed E-state index contributed by atoms with van der Waals surface area (Å²) < 4.78 is 5.45. The number of carbonyl (C=O) groups excluding carboxylic acids is 1. The minimum absolute atomic E-state index is 0.00895. The van der Waals surface area contributed by atoms with Gasteiger partial charge in [0.1, 0.15) is 0 Å². The Bertz CT molecular complexity index is 632. The first-order chi connectivity index (χ1) is 21.8. The van der Waals surface area contributed by atoms with Gasteiger partial charge in [0, 0.05) is 6.42 Å². The van der Waals surface area contributed by atoms with Crippen molar-refractivity contribution < 1.29 is 9.53 Å². The highest BCUT2D eigenvalue weighted by Crippen LogP contribution is 2.15. The molecule has 258 valence electrons. The standard InChI is InChI=1S/C42H78O2/c1-3-5-7-9-11-13-15-17-19-20-21-22-23-24-25-27-29-31-33-35-37-39-41-44-42(43)40-38-36-34-32-30-28-26-18-16-14-12-10-8-6-4-2/h6,8,12,14,18,26H,3-5,7,9-11,13,15-17,19-25,27-41H2,1-2H3/b8-6-,14-12-,26-18-. The fourth-order valence-corrected chi connectivity index (χ4v) is 5.86. The van der Waals surface area contributed by atoms with Crippen molar-refractivity contribution in [3.05, 3.63) is 36.5 Å². The average Bonchev–Trinajstić information content (AvgIpc) is 3.03. The average molecular weight is 615 g/mol. The van der Waals surface area contributed by atoms with Gasteiger partial charge < -0.3 is 4.74 Å². The highest BCUT2D eigenvalue weighted by molar-refractivity contribution is 5.69. The molecule has 0 radical (unpaired) electrons. The van der Waals surface area contributed by atoms with Gasteiger partial charge in [-0.2, -0.15) is 0 Å². The van der Waals surface area contributed by atoms with Crippen LogP contribution in [0.1, 0.15) is 219 Å². The van der Waals surface area contributed by atoms with Gasteiger partial charge >= 0.3 is 5.97 Å². The van der Waals surface area contributed by atoms with E-state index in [-0.39, 0.29) is 5.97 Å². The molecule has 44 heavy (non-hydrogen) atoms. The third-order valence-electron chi connectivity index (χ3n) is 8.79. The van der Waals surface area contributed by atoms with Crippen molar-refractivity contribution in [1.29, 1.82) is 0 Å². The normalized spacial score (nSPS) is 12.0. The largest absolute Gasteiger partial charge is 0.466 e. The molecule has 0 unspecified atom stereocenters. The van der Waals surface area contributed by atoms with Crippen molar-refractivity contribution in [3.63, 3.8) is 0 Å². The lowest BCUT2D eigenvalue weighted by Gasteiger charge is -2.06.